The van der Waals surface area contributed by atoms with Gasteiger partial charge < -0.3 is 10.4 Å². The van der Waals surface area contributed by atoms with Crippen LogP contribution in [0.15, 0.2) is 23.1 Å². The van der Waals surface area contributed by atoms with Crippen molar-refractivity contribution in [1.82, 2.24) is 0 Å². The molecule has 2 aliphatic rings. The van der Waals surface area contributed by atoms with Gasteiger partial charge in [0.25, 0.3) is 0 Å². The summed E-state index contributed by atoms with van der Waals surface area (Å²) in [6.45, 7) is 0.982. The van der Waals surface area contributed by atoms with Crippen LogP contribution in [0.4, 0.5) is 5.69 Å². The first-order valence-electron chi connectivity index (χ1n) is 5.43. The van der Waals surface area contributed by atoms with Crippen molar-refractivity contribution < 1.29 is 9.90 Å². The summed E-state index contributed by atoms with van der Waals surface area (Å²) >= 11 is 1.84. The average Bonchev–Trinajstić information content (AvgIpc) is 3.07. The van der Waals surface area contributed by atoms with E-state index in [-0.39, 0.29) is 0 Å². The first-order chi connectivity index (χ1) is 7.69. The van der Waals surface area contributed by atoms with E-state index in [1.807, 2.05) is 17.8 Å². The van der Waals surface area contributed by atoms with E-state index in [9.17, 15) is 4.79 Å². The molecule has 1 aliphatic carbocycles. The van der Waals surface area contributed by atoms with Gasteiger partial charge >= 0.3 is 5.97 Å². The molecule has 84 valence electrons. The highest BCUT2D eigenvalue weighted by Crippen LogP contribution is 2.51. The van der Waals surface area contributed by atoms with Gasteiger partial charge in [-0.1, -0.05) is 0 Å². The zero-order valence-electron chi connectivity index (χ0n) is 8.82. The summed E-state index contributed by atoms with van der Waals surface area (Å²) in [5.41, 5.74) is 1.82. The molecule has 0 radical (unpaired) electrons. The molecular formula is C12H13NO2S. The first-order valence-corrected chi connectivity index (χ1v) is 6.41. The van der Waals surface area contributed by atoms with Crippen LogP contribution < -0.4 is 5.32 Å². The molecule has 0 bridgehead atoms. The lowest BCUT2D eigenvalue weighted by atomic mass is 10.1. The molecular weight excluding hydrogens is 222 g/mol. The predicted molar refractivity (Wildman–Crippen MR) is 64.3 cm³/mol. The van der Waals surface area contributed by atoms with Gasteiger partial charge in [-0.25, -0.2) is 4.79 Å². The molecule has 2 N–H and O–H groups in total. The van der Waals surface area contributed by atoms with E-state index in [2.05, 4.69) is 5.32 Å². The first kappa shape index (κ1) is 10.0. The summed E-state index contributed by atoms with van der Waals surface area (Å²) in [6.07, 6.45) is 2.60. The van der Waals surface area contributed by atoms with Crippen molar-refractivity contribution in [3.63, 3.8) is 0 Å². The molecule has 1 aromatic rings. The Hall–Kier alpha value is -1.16. The van der Waals surface area contributed by atoms with Crippen molar-refractivity contribution in [2.45, 2.75) is 17.7 Å². The number of benzene rings is 1. The predicted octanol–water partition coefficient (Wildman–Crippen LogP) is 2.68. The van der Waals surface area contributed by atoms with E-state index in [0.717, 1.165) is 18.0 Å². The average molecular weight is 235 g/mol. The van der Waals surface area contributed by atoms with E-state index >= 15 is 0 Å². The van der Waals surface area contributed by atoms with Crippen molar-refractivity contribution >= 4 is 23.4 Å². The summed E-state index contributed by atoms with van der Waals surface area (Å²) in [5, 5.41) is 12.3. The van der Waals surface area contributed by atoms with Gasteiger partial charge in [0.05, 0.1) is 5.56 Å². The zero-order chi connectivity index (χ0) is 11.2. The van der Waals surface area contributed by atoms with Gasteiger partial charge in [-0.05, 0) is 36.5 Å². The van der Waals surface area contributed by atoms with Crippen LogP contribution in [0.5, 0.6) is 0 Å². The normalized spacial score (nSPS) is 20.8. The molecule has 4 heteroatoms. The van der Waals surface area contributed by atoms with E-state index in [1.165, 1.54) is 17.7 Å². The third-order valence-electron chi connectivity index (χ3n) is 3.37. The van der Waals surface area contributed by atoms with Crippen molar-refractivity contribution in [2.24, 2.45) is 5.41 Å². The van der Waals surface area contributed by atoms with Gasteiger partial charge in [-0.2, -0.15) is 0 Å². The Kier molecular flexibility index (Phi) is 2.14. The van der Waals surface area contributed by atoms with Gasteiger partial charge in [0.1, 0.15) is 0 Å². The molecule has 1 aromatic carbocycles. The molecule has 0 atom stereocenters. The van der Waals surface area contributed by atoms with Crippen LogP contribution in [0.3, 0.4) is 0 Å². The van der Waals surface area contributed by atoms with Crippen LogP contribution in [-0.2, 0) is 0 Å². The number of aromatic carboxylic acids is 1. The van der Waals surface area contributed by atoms with Crippen molar-refractivity contribution in [3.8, 4) is 0 Å². The van der Waals surface area contributed by atoms with Gasteiger partial charge in [0, 0.05) is 22.9 Å². The smallest absolute Gasteiger partial charge is 0.335 e. The van der Waals surface area contributed by atoms with Crippen molar-refractivity contribution in [1.29, 1.82) is 0 Å². The number of hydrogen-bond acceptors (Lipinski definition) is 3. The number of carbonyl (C=O) groups is 1. The maximum absolute atomic E-state index is 10.9. The second-order valence-corrected chi connectivity index (χ2v) is 5.68. The Morgan fingerprint density at radius 3 is 2.94 bits per heavy atom. The molecule has 1 aliphatic heterocycles. The highest BCUT2D eigenvalue weighted by atomic mass is 32.2. The van der Waals surface area contributed by atoms with Crippen LogP contribution >= 0.6 is 11.8 Å². The molecule has 0 unspecified atom stereocenters. The molecule has 3 nitrogen and oxygen atoms in total. The quantitative estimate of drug-likeness (QED) is 0.785. The number of carboxylic acid groups (broad SMARTS) is 1. The highest BCUT2D eigenvalue weighted by Gasteiger charge is 2.43. The SMILES string of the molecule is O=C(O)c1ccc2c(c1)NCC1(CC1)CS2. The Balaban J connectivity index is 1.92. The Morgan fingerprint density at radius 1 is 1.44 bits per heavy atom. The fraction of sp³-hybridized carbons (Fsp3) is 0.417. The monoisotopic (exact) mass is 235 g/mol. The molecule has 0 saturated heterocycles. The number of anilines is 1. The molecule has 1 heterocycles. The fourth-order valence-electron chi connectivity index (χ4n) is 1.99. The minimum Gasteiger partial charge on any atom is -0.478 e. The maximum Gasteiger partial charge on any atom is 0.335 e. The summed E-state index contributed by atoms with van der Waals surface area (Å²) in [4.78, 5) is 12.1. The maximum atomic E-state index is 10.9. The Bertz CT molecular complexity index is 454. The van der Waals surface area contributed by atoms with Crippen LogP contribution in [0.25, 0.3) is 0 Å². The molecule has 3 rings (SSSR count). The zero-order valence-corrected chi connectivity index (χ0v) is 9.64. The topological polar surface area (TPSA) is 49.3 Å². The van der Waals surface area contributed by atoms with Crippen LogP contribution in [0.1, 0.15) is 23.2 Å². The fourth-order valence-corrected chi connectivity index (χ4v) is 3.29. The summed E-state index contributed by atoms with van der Waals surface area (Å²) in [5.74, 6) is 0.291. The van der Waals surface area contributed by atoms with Crippen LogP contribution in [-0.4, -0.2) is 23.4 Å². The van der Waals surface area contributed by atoms with E-state index in [4.69, 9.17) is 5.11 Å². The third-order valence-corrected chi connectivity index (χ3v) is 4.80. The number of nitrogens with one attached hydrogen (secondary N) is 1. The lowest BCUT2D eigenvalue weighted by Crippen LogP contribution is -2.15. The minimum atomic E-state index is -0.861. The lowest BCUT2D eigenvalue weighted by Gasteiger charge is -2.10. The number of carboxylic acids is 1. The van der Waals surface area contributed by atoms with E-state index < -0.39 is 5.97 Å². The number of rotatable bonds is 1. The van der Waals surface area contributed by atoms with E-state index in [0.29, 0.717) is 11.0 Å². The molecule has 0 aromatic heterocycles. The number of fused-ring (bicyclic) bond motifs is 1. The Labute approximate surface area is 98.2 Å². The van der Waals surface area contributed by atoms with Gasteiger partial charge in [0.2, 0.25) is 0 Å². The Morgan fingerprint density at radius 2 is 2.25 bits per heavy atom. The van der Waals surface area contributed by atoms with Gasteiger partial charge in [-0.3, -0.25) is 0 Å². The highest BCUT2D eigenvalue weighted by molar-refractivity contribution is 7.99. The number of hydrogen-bond donors (Lipinski definition) is 2. The van der Waals surface area contributed by atoms with Crippen LogP contribution in [0, 0.1) is 5.41 Å². The van der Waals surface area contributed by atoms with Crippen LogP contribution in [0.2, 0.25) is 0 Å². The summed E-state index contributed by atoms with van der Waals surface area (Å²) < 4.78 is 0. The lowest BCUT2D eigenvalue weighted by molar-refractivity contribution is 0.0697. The summed E-state index contributed by atoms with van der Waals surface area (Å²) in [7, 11) is 0. The third kappa shape index (κ3) is 1.67. The molecule has 0 amide bonds. The molecule has 1 spiro atoms. The molecule has 1 fully saturated rings. The number of thioether (sulfide) groups is 1. The van der Waals surface area contributed by atoms with Crippen molar-refractivity contribution in [3.05, 3.63) is 23.8 Å². The minimum absolute atomic E-state index is 0.360. The van der Waals surface area contributed by atoms with Gasteiger partial charge in [0.15, 0.2) is 0 Å². The standard InChI is InChI=1S/C12H13NO2S/c14-11(15)8-1-2-10-9(5-8)13-6-12(3-4-12)7-16-10/h1-2,5,13H,3-4,6-7H2,(H,14,15). The summed E-state index contributed by atoms with van der Waals surface area (Å²) in [6, 6.07) is 5.34. The largest absolute Gasteiger partial charge is 0.478 e. The van der Waals surface area contributed by atoms with E-state index in [1.54, 1.807) is 12.1 Å². The second-order valence-electron chi connectivity index (χ2n) is 4.66. The van der Waals surface area contributed by atoms with Gasteiger partial charge in [-0.15, -0.1) is 11.8 Å². The molecule has 16 heavy (non-hydrogen) atoms. The molecule has 1 saturated carbocycles. The second kappa shape index (κ2) is 3.42. The van der Waals surface area contributed by atoms with Crippen molar-refractivity contribution in [2.75, 3.05) is 17.6 Å².